The van der Waals surface area contributed by atoms with Gasteiger partial charge in [0.05, 0.1) is 28.9 Å². The highest BCUT2D eigenvalue weighted by Crippen LogP contribution is 2.34. The van der Waals surface area contributed by atoms with Crippen LogP contribution in [-0.2, 0) is 10.2 Å². The van der Waals surface area contributed by atoms with Crippen molar-refractivity contribution in [3.05, 3.63) is 21.4 Å². The van der Waals surface area contributed by atoms with E-state index in [1.165, 1.54) is 18.4 Å². The second-order valence-electron chi connectivity index (χ2n) is 5.10. The fourth-order valence-electron chi connectivity index (χ4n) is 1.54. The highest BCUT2D eigenvalue weighted by molar-refractivity contribution is 9.10. The Morgan fingerprint density at radius 3 is 2.73 bits per heavy atom. The lowest BCUT2D eigenvalue weighted by Gasteiger charge is -2.16. The summed E-state index contributed by atoms with van der Waals surface area (Å²) in [5.74, 6) is 0.391. The predicted octanol–water partition coefficient (Wildman–Crippen LogP) is 2.52. The first-order valence-corrected chi connectivity index (χ1v) is 7.98. The molecule has 1 amide bonds. The molecule has 0 aliphatic heterocycles. The van der Waals surface area contributed by atoms with Crippen LogP contribution in [0.1, 0.15) is 24.5 Å². The second kappa shape index (κ2) is 6.17. The first-order valence-electron chi connectivity index (χ1n) is 6.37. The minimum absolute atomic E-state index is 0.384. The third-order valence-electron chi connectivity index (χ3n) is 3.08. The van der Waals surface area contributed by atoms with E-state index >= 15 is 0 Å². The molecule has 0 saturated heterocycles. The van der Waals surface area contributed by atoms with Crippen molar-refractivity contribution in [2.45, 2.75) is 26.2 Å². The summed E-state index contributed by atoms with van der Waals surface area (Å²) in [6.45, 7) is 5.34. The van der Waals surface area contributed by atoms with Gasteiger partial charge in [-0.05, 0) is 36.7 Å². The van der Waals surface area contributed by atoms with E-state index in [1.54, 1.807) is 20.0 Å². The molecule has 0 atom stereocenters. The molecular weight excluding hydrogens is 370 g/mol. The molecule has 9 heteroatoms. The van der Waals surface area contributed by atoms with Crippen LogP contribution >= 0.6 is 27.3 Å². The Balaban J connectivity index is 2.31. The van der Waals surface area contributed by atoms with Gasteiger partial charge in [-0.15, -0.1) is 0 Å². The van der Waals surface area contributed by atoms with Gasteiger partial charge in [0.15, 0.2) is 0 Å². The minimum Gasteiger partial charge on any atom is -0.480 e. The Morgan fingerprint density at radius 2 is 2.14 bits per heavy atom. The zero-order valence-corrected chi connectivity index (χ0v) is 15.0. The molecular formula is C13H16BrN5O2S. The summed E-state index contributed by atoms with van der Waals surface area (Å²) >= 11 is 4.65. The van der Waals surface area contributed by atoms with E-state index in [4.69, 9.17) is 10.5 Å². The van der Waals surface area contributed by atoms with Gasteiger partial charge in [-0.2, -0.15) is 4.98 Å². The molecule has 22 heavy (non-hydrogen) atoms. The smallest absolute Gasteiger partial charge is 0.232 e. The molecule has 0 aliphatic rings. The highest BCUT2D eigenvalue weighted by Gasteiger charge is 2.31. The number of primary amides is 1. The van der Waals surface area contributed by atoms with Gasteiger partial charge in [0, 0.05) is 0 Å². The van der Waals surface area contributed by atoms with Gasteiger partial charge in [0.2, 0.25) is 17.7 Å². The zero-order valence-electron chi connectivity index (χ0n) is 12.6. The van der Waals surface area contributed by atoms with E-state index < -0.39 is 11.3 Å². The van der Waals surface area contributed by atoms with E-state index in [2.05, 4.69) is 36.2 Å². The van der Waals surface area contributed by atoms with Crippen molar-refractivity contribution in [1.29, 1.82) is 0 Å². The number of aryl methyl sites for hydroxylation is 1. The quantitative estimate of drug-likeness (QED) is 0.819. The lowest BCUT2D eigenvalue weighted by Crippen LogP contribution is -2.35. The number of hydrogen-bond donors (Lipinski definition) is 2. The first-order chi connectivity index (χ1) is 10.3. The summed E-state index contributed by atoms with van der Waals surface area (Å²) in [6.07, 6.45) is 1.60. The van der Waals surface area contributed by atoms with Crippen molar-refractivity contribution in [3.8, 4) is 5.88 Å². The van der Waals surface area contributed by atoms with E-state index in [0.29, 0.717) is 21.3 Å². The lowest BCUT2D eigenvalue weighted by molar-refractivity contribution is -0.122. The second-order valence-corrected chi connectivity index (χ2v) is 6.95. The number of methoxy groups -OCH3 is 1. The topological polar surface area (TPSA) is 103 Å². The van der Waals surface area contributed by atoms with Crippen LogP contribution < -0.4 is 15.8 Å². The van der Waals surface area contributed by atoms with Gasteiger partial charge >= 0.3 is 0 Å². The van der Waals surface area contributed by atoms with Crippen LogP contribution in [-0.4, -0.2) is 28.0 Å². The first kappa shape index (κ1) is 16.6. The number of halogens is 1. The van der Waals surface area contributed by atoms with Crippen molar-refractivity contribution in [2.75, 3.05) is 12.4 Å². The van der Waals surface area contributed by atoms with Crippen molar-refractivity contribution in [1.82, 2.24) is 15.0 Å². The SMILES string of the molecule is COc1nc(Nc2sc(C(C)(C)C(N)=O)nc2C)ncc1Br. The number of nitrogens with zero attached hydrogens (tertiary/aromatic N) is 3. The average Bonchev–Trinajstić information content (AvgIpc) is 2.82. The number of thiazole rings is 1. The number of nitrogens with one attached hydrogen (secondary N) is 1. The minimum atomic E-state index is -0.826. The molecule has 0 aliphatic carbocycles. The van der Waals surface area contributed by atoms with E-state index in [1.807, 2.05) is 6.92 Å². The number of carbonyl (C=O) groups excluding carboxylic acids is 1. The third-order valence-corrected chi connectivity index (χ3v) is 5.02. The number of rotatable bonds is 5. The van der Waals surface area contributed by atoms with Crippen molar-refractivity contribution >= 4 is 44.1 Å². The number of carbonyl (C=O) groups is 1. The number of aromatic nitrogens is 3. The summed E-state index contributed by atoms with van der Waals surface area (Å²) < 4.78 is 5.80. The fraction of sp³-hybridized carbons (Fsp3) is 0.385. The number of ether oxygens (including phenoxy) is 1. The molecule has 0 spiro atoms. The largest absolute Gasteiger partial charge is 0.480 e. The summed E-state index contributed by atoms with van der Waals surface area (Å²) in [5.41, 5.74) is 5.35. The number of amides is 1. The molecule has 3 N–H and O–H groups in total. The molecule has 0 bridgehead atoms. The molecule has 0 radical (unpaired) electrons. The van der Waals surface area contributed by atoms with Crippen LogP contribution in [0.2, 0.25) is 0 Å². The maximum absolute atomic E-state index is 11.5. The number of hydrogen-bond acceptors (Lipinski definition) is 7. The van der Waals surface area contributed by atoms with Crippen molar-refractivity contribution < 1.29 is 9.53 Å². The van der Waals surface area contributed by atoms with Gasteiger partial charge in [-0.1, -0.05) is 11.3 Å². The molecule has 0 unspecified atom stereocenters. The van der Waals surface area contributed by atoms with E-state index in [9.17, 15) is 4.79 Å². The molecule has 0 fully saturated rings. The molecule has 118 valence electrons. The maximum Gasteiger partial charge on any atom is 0.232 e. The summed E-state index contributed by atoms with van der Waals surface area (Å²) in [6, 6.07) is 0. The lowest BCUT2D eigenvalue weighted by atomic mass is 9.94. The van der Waals surface area contributed by atoms with Crippen LogP contribution in [0.4, 0.5) is 10.9 Å². The van der Waals surface area contributed by atoms with Gasteiger partial charge in [0.25, 0.3) is 0 Å². The molecule has 7 nitrogen and oxygen atoms in total. The van der Waals surface area contributed by atoms with E-state index in [-0.39, 0.29) is 0 Å². The van der Waals surface area contributed by atoms with Crippen LogP contribution in [0.3, 0.4) is 0 Å². The molecule has 0 saturated carbocycles. The normalized spacial score (nSPS) is 11.3. The molecule has 2 rings (SSSR count). The van der Waals surface area contributed by atoms with Crippen LogP contribution in [0.15, 0.2) is 10.7 Å². The zero-order chi connectivity index (χ0) is 16.5. The average molecular weight is 386 g/mol. The molecule has 2 aromatic rings. The standard InChI is InChI=1S/C13H16BrN5O2S/c1-6-9(22-11(17-6)13(2,3)10(15)20)19-12-16-5-7(14)8(18-12)21-4/h5H,1-4H3,(H2,15,20)(H,16,18,19). The van der Waals surface area contributed by atoms with Gasteiger partial charge in [-0.25, -0.2) is 9.97 Å². The van der Waals surface area contributed by atoms with Crippen molar-refractivity contribution in [2.24, 2.45) is 5.73 Å². The van der Waals surface area contributed by atoms with Gasteiger partial charge in [0.1, 0.15) is 10.0 Å². The fourth-order valence-corrected chi connectivity index (χ4v) is 2.96. The Labute approximate surface area is 140 Å². The molecule has 2 heterocycles. The Kier molecular flexibility index (Phi) is 4.66. The van der Waals surface area contributed by atoms with Crippen LogP contribution in [0, 0.1) is 6.92 Å². The summed E-state index contributed by atoms with van der Waals surface area (Å²) in [4.78, 5) is 24.4. The summed E-state index contributed by atoms with van der Waals surface area (Å²) in [5, 5.41) is 4.49. The molecule has 2 aromatic heterocycles. The monoisotopic (exact) mass is 385 g/mol. The Morgan fingerprint density at radius 1 is 1.45 bits per heavy atom. The van der Waals surface area contributed by atoms with Gasteiger partial charge < -0.3 is 15.8 Å². The third kappa shape index (κ3) is 3.20. The Hall–Kier alpha value is -1.74. The Bertz CT molecular complexity index is 716. The van der Waals surface area contributed by atoms with E-state index in [0.717, 1.165) is 10.7 Å². The highest BCUT2D eigenvalue weighted by atomic mass is 79.9. The number of nitrogens with two attached hydrogens (primary N) is 1. The maximum atomic E-state index is 11.5. The van der Waals surface area contributed by atoms with Crippen LogP contribution in [0.5, 0.6) is 5.88 Å². The summed E-state index contributed by atoms with van der Waals surface area (Å²) in [7, 11) is 1.53. The van der Waals surface area contributed by atoms with Gasteiger partial charge in [-0.3, -0.25) is 4.79 Å². The van der Waals surface area contributed by atoms with Crippen molar-refractivity contribution in [3.63, 3.8) is 0 Å². The van der Waals surface area contributed by atoms with Crippen LogP contribution in [0.25, 0.3) is 0 Å². The molecule has 0 aromatic carbocycles. The predicted molar refractivity (Wildman–Crippen MR) is 88.6 cm³/mol. The number of anilines is 2.